The van der Waals surface area contributed by atoms with Crippen molar-refractivity contribution in [2.75, 3.05) is 5.32 Å². The van der Waals surface area contributed by atoms with Crippen molar-refractivity contribution in [2.24, 2.45) is 0 Å². The van der Waals surface area contributed by atoms with E-state index in [0.717, 1.165) is 12.1 Å². The summed E-state index contributed by atoms with van der Waals surface area (Å²) in [6.07, 6.45) is 0.835. The molecule has 0 saturated carbocycles. The molecule has 1 heterocycles. The first kappa shape index (κ1) is 7.84. The van der Waals surface area contributed by atoms with Crippen LogP contribution in [0, 0.1) is 0 Å². The molecule has 1 N–H and O–H groups in total. The van der Waals surface area contributed by atoms with Crippen LogP contribution in [0.3, 0.4) is 0 Å². The van der Waals surface area contributed by atoms with Crippen LogP contribution in [-0.4, -0.2) is 21.9 Å². The summed E-state index contributed by atoms with van der Waals surface area (Å²) in [4.78, 5) is 11.3. The average Bonchev–Trinajstić information content (AvgIpc) is 2.07. The average molecular weight is 226 g/mol. The maximum atomic E-state index is 11.2. The second-order valence-electron chi connectivity index (χ2n) is 2.87. The molecule has 1 aliphatic rings. The van der Waals surface area contributed by atoms with Gasteiger partial charge in [0.2, 0.25) is 0 Å². The molecule has 1 amide bonds. The van der Waals surface area contributed by atoms with Crippen molar-refractivity contribution in [1.82, 2.24) is 0 Å². The van der Waals surface area contributed by atoms with Gasteiger partial charge in [-0.3, -0.25) is 0 Å². The van der Waals surface area contributed by atoms with Crippen molar-refractivity contribution < 1.29 is 4.79 Å². The van der Waals surface area contributed by atoms with E-state index in [4.69, 9.17) is 0 Å². The molecule has 3 heteroatoms. The molecule has 0 saturated heterocycles. The Kier molecular flexibility index (Phi) is 1.91. The molecule has 0 fully saturated rings. The van der Waals surface area contributed by atoms with E-state index in [0.29, 0.717) is 0 Å². The van der Waals surface area contributed by atoms with Crippen molar-refractivity contribution in [1.29, 1.82) is 0 Å². The zero-order valence-electron chi connectivity index (χ0n) is 6.45. The molecule has 0 bridgehead atoms. The third kappa shape index (κ3) is 1.26. The van der Waals surface area contributed by atoms with Crippen molar-refractivity contribution in [3.63, 3.8) is 0 Å². The van der Waals surface area contributed by atoms with Gasteiger partial charge >= 0.3 is 78.8 Å². The molecule has 12 heavy (non-hydrogen) atoms. The summed E-state index contributed by atoms with van der Waals surface area (Å²) in [5, 5.41) is 2.86. The van der Waals surface area contributed by atoms with Gasteiger partial charge in [-0.25, -0.2) is 0 Å². The molecule has 0 spiro atoms. The monoisotopic (exact) mass is 227 g/mol. The van der Waals surface area contributed by atoms with Gasteiger partial charge in [0.25, 0.3) is 0 Å². The molecule has 62 valence electrons. The zero-order chi connectivity index (χ0) is 8.55. The summed E-state index contributed by atoms with van der Waals surface area (Å²) in [6, 6.07) is 7.92. The summed E-state index contributed by atoms with van der Waals surface area (Å²) >= 11 is 2.40. The van der Waals surface area contributed by atoms with Crippen LogP contribution in [0.15, 0.2) is 24.3 Å². The zero-order valence-corrected chi connectivity index (χ0v) is 8.33. The van der Waals surface area contributed by atoms with Crippen molar-refractivity contribution in [3.8, 4) is 0 Å². The van der Waals surface area contributed by atoms with E-state index in [9.17, 15) is 4.79 Å². The molecular weight excluding hydrogens is 217 g/mol. The fraction of sp³-hybridized carbons (Fsp3) is 0.222. The predicted molar refractivity (Wildman–Crippen MR) is 49.7 cm³/mol. The van der Waals surface area contributed by atoms with E-state index in [1.54, 1.807) is 0 Å². The number of para-hydroxylation sites is 1. The predicted octanol–water partition coefficient (Wildman–Crippen LogP) is 0.870. The van der Waals surface area contributed by atoms with Crippen molar-refractivity contribution >= 4 is 27.6 Å². The second-order valence-corrected chi connectivity index (χ2v) is 4.17. The second kappa shape index (κ2) is 2.92. The summed E-state index contributed by atoms with van der Waals surface area (Å²) in [5.41, 5.74) is 2.19. The van der Waals surface area contributed by atoms with Crippen LogP contribution in [0.25, 0.3) is 0 Å². The van der Waals surface area contributed by atoms with Gasteiger partial charge in [-0.05, 0) is 0 Å². The number of carbonyl (C=O) groups is 1. The third-order valence-electron chi connectivity index (χ3n) is 1.99. The van der Waals surface area contributed by atoms with Gasteiger partial charge in [-0.1, -0.05) is 0 Å². The Morgan fingerprint density at radius 3 is 3.00 bits per heavy atom. The fourth-order valence-electron chi connectivity index (χ4n) is 1.34. The molecule has 0 aromatic heterocycles. The number of fused-ring (bicyclic) bond motifs is 1. The SMILES string of the molecule is O=C1Nc2ccccc2CC1[SeH]. The molecule has 2 nitrogen and oxygen atoms in total. The van der Waals surface area contributed by atoms with Gasteiger partial charge in [0.15, 0.2) is 0 Å². The number of anilines is 1. The van der Waals surface area contributed by atoms with Crippen molar-refractivity contribution in [3.05, 3.63) is 29.8 Å². The standard InChI is InChI=1S/C9H9NOSe/c11-9-8(12)5-6-3-1-2-4-7(6)10-9/h1-4,8,12H,5H2,(H,10,11). The van der Waals surface area contributed by atoms with Gasteiger partial charge in [-0.2, -0.15) is 0 Å². The normalized spacial score (nSPS) is 21.4. The minimum absolute atomic E-state index is 0.0485. The molecule has 1 aromatic carbocycles. The first-order valence-corrected chi connectivity index (χ1v) is 4.92. The van der Waals surface area contributed by atoms with Gasteiger partial charge in [-0.15, -0.1) is 0 Å². The molecule has 1 aliphatic heterocycles. The van der Waals surface area contributed by atoms with Crippen LogP contribution >= 0.6 is 0 Å². The Balaban J connectivity index is 2.40. The number of carbonyl (C=O) groups excluding carboxylic acids is 1. The number of nitrogens with one attached hydrogen (secondary N) is 1. The van der Waals surface area contributed by atoms with Crippen LogP contribution in [0.4, 0.5) is 5.69 Å². The van der Waals surface area contributed by atoms with Gasteiger partial charge in [0, 0.05) is 0 Å². The third-order valence-corrected chi connectivity index (χ3v) is 2.87. The first-order valence-electron chi connectivity index (χ1n) is 3.84. The van der Waals surface area contributed by atoms with E-state index in [2.05, 4.69) is 27.4 Å². The summed E-state index contributed by atoms with van der Waals surface area (Å²) in [6.45, 7) is 0. The Labute approximate surface area is 79.2 Å². The van der Waals surface area contributed by atoms with Crippen LogP contribution in [0.2, 0.25) is 4.82 Å². The molecule has 2 rings (SSSR count). The maximum absolute atomic E-state index is 11.2. The molecular formula is C9H9NOSe. The quantitative estimate of drug-likeness (QED) is 0.653. The molecule has 1 atom stereocenters. The molecule has 0 radical (unpaired) electrons. The van der Waals surface area contributed by atoms with E-state index in [1.165, 1.54) is 5.56 Å². The summed E-state index contributed by atoms with van der Waals surface area (Å²) in [5.74, 6) is 0.105. The Morgan fingerprint density at radius 2 is 2.17 bits per heavy atom. The number of hydrogen-bond donors (Lipinski definition) is 1. The number of amides is 1. The van der Waals surface area contributed by atoms with Gasteiger partial charge in [0.05, 0.1) is 0 Å². The number of hydrogen-bond acceptors (Lipinski definition) is 1. The van der Waals surface area contributed by atoms with Crippen LogP contribution in [0.5, 0.6) is 0 Å². The summed E-state index contributed by atoms with van der Waals surface area (Å²) < 4.78 is 0. The van der Waals surface area contributed by atoms with Crippen LogP contribution < -0.4 is 5.32 Å². The first-order chi connectivity index (χ1) is 5.77. The molecule has 1 unspecified atom stereocenters. The van der Waals surface area contributed by atoms with E-state index >= 15 is 0 Å². The van der Waals surface area contributed by atoms with Crippen molar-refractivity contribution in [2.45, 2.75) is 11.2 Å². The molecule has 1 aromatic rings. The topological polar surface area (TPSA) is 29.1 Å². The minimum atomic E-state index is 0.0485. The van der Waals surface area contributed by atoms with Crippen LogP contribution in [0.1, 0.15) is 5.56 Å². The Morgan fingerprint density at radius 1 is 1.42 bits per heavy atom. The van der Waals surface area contributed by atoms with Crippen LogP contribution in [-0.2, 0) is 11.2 Å². The Hall–Kier alpha value is -0.791. The number of rotatable bonds is 0. The van der Waals surface area contributed by atoms with E-state index < -0.39 is 0 Å². The van der Waals surface area contributed by atoms with Gasteiger partial charge in [0.1, 0.15) is 0 Å². The number of benzene rings is 1. The van der Waals surface area contributed by atoms with Gasteiger partial charge < -0.3 is 0 Å². The van der Waals surface area contributed by atoms with E-state index in [1.807, 2.05) is 18.2 Å². The Bertz CT molecular complexity index is 324. The molecule has 0 aliphatic carbocycles. The summed E-state index contributed by atoms with van der Waals surface area (Å²) in [7, 11) is 0. The fourth-order valence-corrected chi connectivity index (χ4v) is 1.89. The van der Waals surface area contributed by atoms with E-state index in [-0.39, 0.29) is 10.7 Å².